The van der Waals surface area contributed by atoms with Gasteiger partial charge in [0.15, 0.2) is 11.5 Å². The van der Waals surface area contributed by atoms with Crippen molar-refractivity contribution in [3.05, 3.63) is 55.6 Å². The molecule has 2 aromatic rings. The Balaban J connectivity index is 2.38. The van der Waals surface area contributed by atoms with E-state index < -0.39 is 5.91 Å². The number of nitrogens with zero attached hydrogens (tertiary/aromatic N) is 1. The minimum atomic E-state index is -0.535. The van der Waals surface area contributed by atoms with Gasteiger partial charge in [-0.25, -0.2) is 0 Å². The quantitative estimate of drug-likeness (QED) is 0.377. The third kappa shape index (κ3) is 4.68. The highest BCUT2D eigenvalue weighted by atomic mass is 127. The molecule has 0 heterocycles. The zero-order valence-electron chi connectivity index (χ0n) is 14.4. The molecule has 2 rings (SSSR count). The monoisotopic (exact) mass is 482 g/mol. The van der Waals surface area contributed by atoms with E-state index in [4.69, 9.17) is 21.1 Å². The predicted octanol–water partition coefficient (Wildman–Crippen LogP) is 4.82. The van der Waals surface area contributed by atoms with Crippen molar-refractivity contribution in [3.8, 4) is 17.6 Å². The topological polar surface area (TPSA) is 71.3 Å². The van der Waals surface area contributed by atoms with Crippen LogP contribution in [0.25, 0.3) is 6.08 Å². The summed E-state index contributed by atoms with van der Waals surface area (Å²) in [6.07, 6.45) is 1.47. The van der Waals surface area contributed by atoms with E-state index in [1.807, 2.05) is 13.0 Å². The smallest absolute Gasteiger partial charge is 0.266 e. The summed E-state index contributed by atoms with van der Waals surface area (Å²) in [6, 6.07) is 10.7. The first-order valence-corrected chi connectivity index (χ1v) is 8.96. The Labute approximate surface area is 170 Å². The van der Waals surface area contributed by atoms with Gasteiger partial charge in [0.1, 0.15) is 11.6 Å². The highest BCUT2D eigenvalue weighted by Gasteiger charge is 2.15. The Morgan fingerprint density at radius 3 is 2.58 bits per heavy atom. The van der Waals surface area contributed by atoms with Gasteiger partial charge in [-0.3, -0.25) is 4.79 Å². The number of hydrogen-bond acceptors (Lipinski definition) is 4. The van der Waals surface area contributed by atoms with Crippen LogP contribution in [0, 0.1) is 21.8 Å². The molecule has 2 aromatic carbocycles. The number of anilines is 1. The summed E-state index contributed by atoms with van der Waals surface area (Å²) in [5, 5.41) is 12.6. The lowest BCUT2D eigenvalue weighted by atomic mass is 10.1. The summed E-state index contributed by atoms with van der Waals surface area (Å²) >= 11 is 8.19. The molecule has 5 nitrogen and oxygen atoms in total. The van der Waals surface area contributed by atoms with Gasteiger partial charge in [-0.05, 0) is 65.4 Å². The van der Waals surface area contributed by atoms with E-state index >= 15 is 0 Å². The molecule has 0 radical (unpaired) electrons. The number of ether oxygens (including phenoxy) is 2. The van der Waals surface area contributed by atoms with Gasteiger partial charge in [0.2, 0.25) is 0 Å². The molecular formula is C19H16ClIN2O3. The van der Waals surface area contributed by atoms with E-state index in [1.165, 1.54) is 20.3 Å². The lowest BCUT2D eigenvalue weighted by molar-refractivity contribution is -0.112. The molecule has 0 aliphatic rings. The lowest BCUT2D eigenvalue weighted by Crippen LogP contribution is -2.13. The van der Waals surface area contributed by atoms with Crippen LogP contribution >= 0.6 is 34.2 Å². The van der Waals surface area contributed by atoms with Gasteiger partial charge in [-0.1, -0.05) is 17.7 Å². The molecule has 1 N–H and O–H groups in total. The van der Waals surface area contributed by atoms with Gasteiger partial charge in [-0.2, -0.15) is 5.26 Å². The molecule has 0 bridgehead atoms. The summed E-state index contributed by atoms with van der Waals surface area (Å²) in [4.78, 5) is 12.5. The molecule has 1 amide bonds. The molecule has 0 atom stereocenters. The molecule has 26 heavy (non-hydrogen) atoms. The van der Waals surface area contributed by atoms with Gasteiger partial charge in [0, 0.05) is 19.8 Å². The summed E-state index contributed by atoms with van der Waals surface area (Å²) in [5.41, 5.74) is 1.92. The number of carbonyl (C=O) groups excluding carboxylic acids is 1. The first kappa shape index (κ1) is 20.1. The number of halogens is 2. The van der Waals surface area contributed by atoms with Crippen LogP contribution < -0.4 is 14.8 Å². The average molecular weight is 483 g/mol. The van der Waals surface area contributed by atoms with Crippen molar-refractivity contribution in [3.63, 3.8) is 0 Å². The standard InChI is InChI=1S/C19H16ClIN2O3/c1-11-4-5-15(9-16(11)20)23-19(24)13(10-22)6-12-7-14(21)8-17(25-2)18(12)26-3/h4-9H,1-3H3,(H,23,24)/b13-6-. The van der Waals surface area contributed by atoms with Crippen LogP contribution in [-0.4, -0.2) is 20.1 Å². The van der Waals surface area contributed by atoms with Crippen LogP contribution in [0.3, 0.4) is 0 Å². The van der Waals surface area contributed by atoms with Gasteiger partial charge in [0.25, 0.3) is 5.91 Å². The minimum absolute atomic E-state index is 0.0657. The maximum absolute atomic E-state index is 12.5. The molecule has 0 aliphatic carbocycles. The number of methoxy groups -OCH3 is 2. The number of amides is 1. The second kappa shape index (κ2) is 8.92. The van der Waals surface area contributed by atoms with E-state index in [0.717, 1.165) is 9.13 Å². The Morgan fingerprint density at radius 2 is 2.00 bits per heavy atom. The fourth-order valence-corrected chi connectivity index (χ4v) is 3.04. The van der Waals surface area contributed by atoms with Crippen molar-refractivity contribution < 1.29 is 14.3 Å². The van der Waals surface area contributed by atoms with Crippen molar-refractivity contribution in [2.45, 2.75) is 6.92 Å². The van der Waals surface area contributed by atoms with Crippen LogP contribution in [0.5, 0.6) is 11.5 Å². The molecule has 134 valence electrons. The van der Waals surface area contributed by atoms with Crippen LogP contribution in [0.2, 0.25) is 5.02 Å². The van der Waals surface area contributed by atoms with E-state index in [9.17, 15) is 10.1 Å². The summed E-state index contributed by atoms with van der Waals surface area (Å²) in [6.45, 7) is 1.87. The normalized spacial score (nSPS) is 10.8. The number of hydrogen-bond donors (Lipinski definition) is 1. The van der Waals surface area contributed by atoms with Gasteiger partial charge in [-0.15, -0.1) is 0 Å². The molecule has 0 aliphatic heterocycles. The number of benzene rings is 2. The summed E-state index contributed by atoms with van der Waals surface area (Å²) in [7, 11) is 3.03. The van der Waals surface area contributed by atoms with E-state index in [-0.39, 0.29) is 5.57 Å². The predicted molar refractivity (Wildman–Crippen MR) is 111 cm³/mol. The molecular weight excluding hydrogens is 467 g/mol. The fourth-order valence-electron chi connectivity index (χ4n) is 2.24. The Morgan fingerprint density at radius 1 is 1.27 bits per heavy atom. The minimum Gasteiger partial charge on any atom is -0.493 e. The maximum Gasteiger partial charge on any atom is 0.266 e. The van der Waals surface area contributed by atoms with Crippen molar-refractivity contribution in [1.29, 1.82) is 5.26 Å². The number of rotatable bonds is 5. The zero-order valence-corrected chi connectivity index (χ0v) is 17.3. The first-order chi connectivity index (χ1) is 12.4. The number of nitriles is 1. The van der Waals surface area contributed by atoms with Gasteiger partial charge < -0.3 is 14.8 Å². The van der Waals surface area contributed by atoms with E-state index in [1.54, 1.807) is 30.3 Å². The molecule has 0 unspecified atom stereocenters. The highest BCUT2D eigenvalue weighted by Crippen LogP contribution is 2.34. The molecule has 0 saturated heterocycles. The fraction of sp³-hybridized carbons (Fsp3) is 0.158. The number of nitrogens with one attached hydrogen (secondary N) is 1. The number of aryl methyl sites for hydroxylation is 1. The second-order valence-electron chi connectivity index (χ2n) is 5.32. The van der Waals surface area contributed by atoms with Gasteiger partial charge in [0.05, 0.1) is 14.2 Å². The number of carbonyl (C=O) groups is 1. The summed E-state index contributed by atoms with van der Waals surface area (Å²) < 4.78 is 11.5. The largest absolute Gasteiger partial charge is 0.493 e. The highest BCUT2D eigenvalue weighted by molar-refractivity contribution is 14.1. The Hall–Kier alpha value is -2.24. The van der Waals surface area contributed by atoms with Crippen molar-refractivity contribution in [1.82, 2.24) is 0 Å². The third-order valence-corrected chi connectivity index (χ3v) is 4.60. The maximum atomic E-state index is 12.5. The zero-order chi connectivity index (χ0) is 19.3. The second-order valence-corrected chi connectivity index (χ2v) is 6.97. The van der Waals surface area contributed by atoms with Crippen LogP contribution in [0.1, 0.15) is 11.1 Å². The van der Waals surface area contributed by atoms with Crippen molar-refractivity contribution >= 4 is 51.9 Å². The lowest BCUT2D eigenvalue weighted by Gasteiger charge is -2.12. The van der Waals surface area contributed by atoms with Crippen LogP contribution in [0.15, 0.2) is 35.9 Å². The third-order valence-electron chi connectivity index (χ3n) is 3.57. The first-order valence-electron chi connectivity index (χ1n) is 7.50. The summed E-state index contributed by atoms with van der Waals surface area (Å²) in [5.74, 6) is 0.438. The SMILES string of the molecule is COc1cc(I)cc(/C=C(/C#N)C(=O)Nc2ccc(C)c(Cl)c2)c1OC. The molecule has 0 aromatic heterocycles. The molecule has 7 heteroatoms. The Kier molecular flexibility index (Phi) is 6.89. The van der Waals surface area contributed by atoms with E-state index in [0.29, 0.717) is 27.8 Å². The molecule has 0 fully saturated rings. The van der Waals surface area contributed by atoms with E-state index in [2.05, 4.69) is 27.9 Å². The average Bonchev–Trinajstić information content (AvgIpc) is 2.62. The van der Waals surface area contributed by atoms with Crippen molar-refractivity contribution in [2.24, 2.45) is 0 Å². The van der Waals surface area contributed by atoms with Crippen LogP contribution in [0.4, 0.5) is 5.69 Å². The van der Waals surface area contributed by atoms with Crippen LogP contribution in [-0.2, 0) is 4.79 Å². The van der Waals surface area contributed by atoms with Gasteiger partial charge >= 0.3 is 0 Å². The molecule has 0 saturated carbocycles. The molecule has 0 spiro atoms. The Bertz CT molecular complexity index is 920. The van der Waals surface area contributed by atoms with Crippen molar-refractivity contribution in [2.75, 3.05) is 19.5 Å².